The van der Waals surface area contributed by atoms with Crippen LogP contribution in [0.15, 0.2) is 40.5 Å². The molecule has 0 spiro atoms. The molecule has 0 aliphatic rings. The molecule has 0 aliphatic heterocycles. The van der Waals surface area contributed by atoms with Crippen LogP contribution in [0.25, 0.3) is 0 Å². The van der Waals surface area contributed by atoms with Gasteiger partial charge in [0, 0.05) is 0 Å². The first-order valence-corrected chi connectivity index (χ1v) is 11.5. The highest BCUT2D eigenvalue weighted by Gasteiger charge is 2.38. The molecule has 0 aliphatic carbocycles. The number of hydrogen-bond donors (Lipinski definition) is 0. The van der Waals surface area contributed by atoms with Crippen molar-refractivity contribution in [3.63, 3.8) is 0 Å². The Kier molecular flexibility index (Phi) is 7.60. The summed E-state index contributed by atoms with van der Waals surface area (Å²) < 4.78 is 14.3. The normalized spacial score (nSPS) is 14.6. The molecule has 0 amide bonds. The van der Waals surface area contributed by atoms with E-state index in [9.17, 15) is 0 Å². The van der Waals surface area contributed by atoms with E-state index in [-0.39, 0.29) is 11.1 Å². The van der Waals surface area contributed by atoms with Gasteiger partial charge in [0.1, 0.15) is 0 Å². The van der Waals surface area contributed by atoms with E-state index in [4.69, 9.17) is 9.16 Å². The fourth-order valence-electron chi connectivity index (χ4n) is 1.63. The Hall–Kier alpha value is -0.173. The lowest BCUT2D eigenvalue weighted by Gasteiger charge is -2.38. The lowest BCUT2D eigenvalue weighted by Crippen LogP contribution is -2.44. The fourth-order valence-corrected chi connectivity index (χ4v) is 3.35. The van der Waals surface area contributed by atoms with Crippen molar-refractivity contribution in [2.75, 3.05) is 6.61 Å². The van der Waals surface area contributed by atoms with Crippen molar-refractivity contribution in [2.24, 2.45) is 0 Å². The highest BCUT2D eigenvalue weighted by Crippen LogP contribution is 2.37. The number of benzene rings is 1. The summed E-state index contributed by atoms with van der Waals surface area (Å²) in [6.45, 7) is 12.6. The van der Waals surface area contributed by atoms with Crippen LogP contribution >= 0.6 is 22.6 Å². The fraction of sp³-hybridized carbons (Fsp3) is 0.529. The van der Waals surface area contributed by atoms with Gasteiger partial charge in [-0.2, -0.15) is 0 Å². The van der Waals surface area contributed by atoms with Crippen molar-refractivity contribution in [3.05, 3.63) is 46.1 Å². The largest absolute Gasteiger partial charge is 0.408 e. The SMILES string of the molecule is CC(C)(C)[Si](C)(C)O[C@@H](/C=C/I)COCc1ccccc1. The molecule has 1 rings (SSSR count). The molecular weight excluding hydrogens is 391 g/mol. The molecule has 0 radical (unpaired) electrons. The monoisotopic (exact) mass is 418 g/mol. The van der Waals surface area contributed by atoms with Crippen LogP contribution < -0.4 is 0 Å². The Morgan fingerprint density at radius 1 is 1.19 bits per heavy atom. The molecule has 1 aromatic carbocycles. The van der Waals surface area contributed by atoms with Gasteiger partial charge >= 0.3 is 0 Å². The van der Waals surface area contributed by atoms with E-state index in [1.807, 2.05) is 22.3 Å². The molecule has 1 aromatic rings. The van der Waals surface area contributed by atoms with Crippen LogP contribution in [0.3, 0.4) is 0 Å². The predicted molar refractivity (Wildman–Crippen MR) is 101 cm³/mol. The van der Waals surface area contributed by atoms with Gasteiger partial charge in [-0.1, -0.05) is 73.7 Å². The van der Waals surface area contributed by atoms with Gasteiger partial charge in [0.15, 0.2) is 8.32 Å². The zero-order valence-electron chi connectivity index (χ0n) is 13.7. The highest BCUT2D eigenvalue weighted by molar-refractivity contribution is 14.1. The van der Waals surface area contributed by atoms with Gasteiger partial charge in [-0.25, -0.2) is 0 Å². The number of hydrogen-bond acceptors (Lipinski definition) is 2. The minimum absolute atomic E-state index is 0.0338. The van der Waals surface area contributed by atoms with Gasteiger partial charge < -0.3 is 9.16 Å². The lowest BCUT2D eigenvalue weighted by atomic mass is 10.2. The van der Waals surface area contributed by atoms with Gasteiger partial charge in [-0.05, 0) is 33.9 Å². The maximum absolute atomic E-state index is 6.40. The van der Waals surface area contributed by atoms with E-state index in [1.54, 1.807) is 0 Å². The second-order valence-corrected chi connectivity index (χ2v) is 12.2. The van der Waals surface area contributed by atoms with Crippen molar-refractivity contribution in [1.29, 1.82) is 0 Å². The molecular formula is C17H27IO2Si. The van der Waals surface area contributed by atoms with Crippen molar-refractivity contribution >= 4 is 30.9 Å². The Labute approximate surface area is 144 Å². The lowest BCUT2D eigenvalue weighted by molar-refractivity contribution is 0.0552. The Bertz CT molecular complexity index is 438. The van der Waals surface area contributed by atoms with Crippen molar-refractivity contribution in [3.8, 4) is 0 Å². The second-order valence-electron chi connectivity index (χ2n) is 6.74. The Morgan fingerprint density at radius 3 is 2.33 bits per heavy atom. The molecule has 0 saturated carbocycles. The summed E-state index contributed by atoms with van der Waals surface area (Å²) in [6, 6.07) is 10.3. The minimum Gasteiger partial charge on any atom is -0.408 e. The first kappa shape index (κ1) is 18.9. The zero-order chi connectivity index (χ0) is 15.9. The molecule has 0 aromatic heterocycles. The molecule has 2 nitrogen and oxygen atoms in total. The van der Waals surface area contributed by atoms with Crippen molar-refractivity contribution in [1.82, 2.24) is 0 Å². The first-order valence-electron chi connectivity index (χ1n) is 7.32. The van der Waals surface area contributed by atoms with E-state index < -0.39 is 8.32 Å². The van der Waals surface area contributed by atoms with Crippen LogP contribution in [-0.4, -0.2) is 21.0 Å². The van der Waals surface area contributed by atoms with E-state index >= 15 is 0 Å². The van der Waals surface area contributed by atoms with Crippen LogP contribution in [0.4, 0.5) is 0 Å². The van der Waals surface area contributed by atoms with Crippen LogP contribution in [-0.2, 0) is 15.8 Å². The van der Waals surface area contributed by atoms with Crippen LogP contribution in [0.5, 0.6) is 0 Å². The summed E-state index contributed by atoms with van der Waals surface area (Å²) >= 11 is 2.24. The molecule has 0 fully saturated rings. The molecule has 0 unspecified atom stereocenters. The maximum Gasteiger partial charge on any atom is 0.192 e. The third-order valence-electron chi connectivity index (χ3n) is 3.93. The molecule has 0 bridgehead atoms. The van der Waals surface area contributed by atoms with Crippen LogP contribution in [0.1, 0.15) is 26.3 Å². The standard InChI is InChI=1S/C17H27IO2Si/c1-17(2,3)21(4,5)20-16(11-12-18)14-19-13-15-9-7-6-8-10-15/h6-12,16H,13-14H2,1-5H3/b12-11+/t16-/m0/s1. The smallest absolute Gasteiger partial charge is 0.192 e. The summed E-state index contributed by atoms with van der Waals surface area (Å²) in [5.74, 6) is 0. The summed E-state index contributed by atoms with van der Waals surface area (Å²) in [6.07, 6.45) is 2.12. The summed E-state index contributed by atoms with van der Waals surface area (Å²) in [5.41, 5.74) is 1.20. The van der Waals surface area contributed by atoms with Gasteiger partial charge in [0.2, 0.25) is 0 Å². The van der Waals surface area contributed by atoms with Gasteiger partial charge in [0.05, 0.1) is 19.3 Å². The van der Waals surface area contributed by atoms with Gasteiger partial charge in [-0.15, -0.1) is 0 Å². The topological polar surface area (TPSA) is 18.5 Å². The molecule has 0 N–H and O–H groups in total. The molecule has 0 saturated heterocycles. The molecule has 0 heterocycles. The average Bonchev–Trinajstić information content (AvgIpc) is 2.38. The second kappa shape index (κ2) is 8.46. The summed E-state index contributed by atoms with van der Waals surface area (Å²) in [4.78, 5) is 0. The molecule has 118 valence electrons. The number of ether oxygens (including phenoxy) is 1. The summed E-state index contributed by atoms with van der Waals surface area (Å²) in [5, 5.41) is 0.212. The highest BCUT2D eigenvalue weighted by atomic mass is 127. The Balaban J connectivity index is 2.54. The van der Waals surface area contributed by atoms with E-state index in [2.05, 4.69) is 74.7 Å². The van der Waals surface area contributed by atoms with E-state index in [1.165, 1.54) is 5.56 Å². The number of halogens is 1. The first-order chi connectivity index (χ1) is 9.76. The Morgan fingerprint density at radius 2 is 1.81 bits per heavy atom. The van der Waals surface area contributed by atoms with Crippen molar-refractivity contribution in [2.45, 2.75) is 51.6 Å². The van der Waals surface area contributed by atoms with Crippen LogP contribution in [0.2, 0.25) is 18.1 Å². The average molecular weight is 418 g/mol. The van der Waals surface area contributed by atoms with Gasteiger partial charge in [0.25, 0.3) is 0 Å². The van der Waals surface area contributed by atoms with Crippen LogP contribution in [0, 0.1) is 0 Å². The number of rotatable bonds is 7. The van der Waals surface area contributed by atoms with Crippen molar-refractivity contribution < 1.29 is 9.16 Å². The third-order valence-corrected chi connectivity index (χ3v) is 8.85. The third kappa shape index (κ3) is 6.63. The zero-order valence-corrected chi connectivity index (χ0v) is 16.9. The van der Waals surface area contributed by atoms with E-state index in [0.29, 0.717) is 13.2 Å². The van der Waals surface area contributed by atoms with E-state index in [0.717, 1.165) is 0 Å². The molecule has 4 heteroatoms. The summed E-state index contributed by atoms with van der Waals surface area (Å²) in [7, 11) is -1.77. The molecule has 21 heavy (non-hydrogen) atoms. The van der Waals surface area contributed by atoms with Gasteiger partial charge in [-0.3, -0.25) is 0 Å². The quantitative estimate of drug-likeness (QED) is 0.428. The minimum atomic E-state index is -1.77. The molecule has 1 atom stereocenters. The maximum atomic E-state index is 6.40. The predicted octanol–water partition coefficient (Wildman–Crippen LogP) is 5.54.